The van der Waals surface area contributed by atoms with Gasteiger partial charge in [0, 0.05) is 13.1 Å². The first-order valence-electron chi connectivity index (χ1n) is 14.4. The molecule has 43 heavy (non-hydrogen) atoms. The minimum Gasteiger partial charge on any atom is -0.497 e. The van der Waals surface area contributed by atoms with Gasteiger partial charge in [0.05, 0.1) is 24.3 Å². The summed E-state index contributed by atoms with van der Waals surface area (Å²) in [5.41, 5.74) is 0.806. The van der Waals surface area contributed by atoms with Gasteiger partial charge in [-0.3, -0.25) is 13.9 Å². The first-order valence-corrected chi connectivity index (χ1v) is 15.8. The molecule has 1 N–H and O–H groups in total. The molecule has 0 aliphatic carbocycles. The van der Waals surface area contributed by atoms with E-state index in [-0.39, 0.29) is 23.0 Å². The van der Waals surface area contributed by atoms with Crippen LogP contribution >= 0.6 is 0 Å². The molecule has 9 nitrogen and oxygen atoms in total. The summed E-state index contributed by atoms with van der Waals surface area (Å²) >= 11 is 0. The van der Waals surface area contributed by atoms with Gasteiger partial charge in [0.25, 0.3) is 10.0 Å². The van der Waals surface area contributed by atoms with Crippen LogP contribution in [0.25, 0.3) is 0 Å². The second-order valence-corrected chi connectivity index (χ2v) is 11.7. The molecule has 0 radical (unpaired) electrons. The van der Waals surface area contributed by atoms with Crippen LogP contribution in [0, 0.1) is 5.82 Å². The third kappa shape index (κ3) is 8.93. The van der Waals surface area contributed by atoms with Crippen molar-refractivity contribution in [2.75, 3.05) is 31.1 Å². The number of hydrogen-bond donors (Lipinski definition) is 1. The quantitative estimate of drug-likeness (QED) is 0.224. The largest absolute Gasteiger partial charge is 0.497 e. The highest BCUT2D eigenvalue weighted by atomic mass is 32.2. The molecule has 0 aliphatic heterocycles. The Morgan fingerprint density at radius 1 is 0.953 bits per heavy atom. The Labute approximate surface area is 253 Å². The van der Waals surface area contributed by atoms with Crippen molar-refractivity contribution in [3.8, 4) is 11.5 Å². The molecule has 11 heteroatoms. The van der Waals surface area contributed by atoms with Crippen molar-refractivity contribution in [3.05, 3.63) is 84.2 Å². The lowest BCUT2D eigenvalue weighted by Crippen LogP contribution is -2.52. The van der Waals surface area contributed by atoms with E-state index in [2.05, 4.69) is 5.32 Å². The lowest BCUT2D eigenvalue weighted by molar-refractivity contribution is -0.140. The van der Waals surface area contributed by atoms with E-state index in [1.807, 2.05) is 13.8 Å². The molecule has 232 valence electrons. The average molecular weight is 614 g/mol. The first kappa shape index (κ1) is 33.4. The zero-order valence-electron chi connectivity index (χ0n) is 25.1. The molecule has 0 saturated carbocycles. The van der Waals surface area contributed by atoms with Crippen LogP contribution in [-0.2, 0) is 26.2 Å². The minimum atomic E-state index is -4.29. The van der Waals surface area contributed by atoms with Gasteiger partial charge in [-0.15, -0.1) is 0 Å². The predicted octanol–water partition coefficient (Wildman–Crippen LogP) is 5.15. The monoisotopic (exact) mass is 613 g/mol. The number of anilines is 1. The van der Waals surface area contributed by atoms with Gasteiger partial charge in [-0.25, -0.2) is 12.8 Å². The number of nitrogens with zero attached hydrogens (tertiary/aromatic N) is 2. The van der Waals surface area contributed by atoms with Crippen molar-refractivity contribution in [1.82, 2.24) is 10.2 Å². The van der Waals surface area contributed by atoms with E-state index in [1.165, 1.54) is 48.4 Å². The maximum absolute atomic E-state index is 14.1. The number of benzene rings is 3. The summed E-state index contributed by atoms with van der Waals surface area (Å²) in [5, 5.41) is 2.90. The lowest BCUT2D eigenvalue weighted by Gasteiger charge is -2.33. The molecule has 0 saturated heterocycles. The summed E-state index contributed by atoms with van der Waals surface area (Å²) in [7, 11) is -2.76. The second-order valence-electron chi connectivity index (χ2n) is 9.83. The molecule has 0 aliphatic rings. The summed E-state index contributed by atoms with van der Waals surface area (Å²) in [6, 6.07) is 17.0. The maximum Gasteiger partial charge on any atom is 0.264 e. The number of carbonyl (C=O) groups is 2. The van der Waals surface area contributed by atoms with Gasteiger partial charge >= 0.3 is 0 Å². The van der Waals surface area contributed by atoms with Gasteiger partial charge in [0.1, 0.15) is 29.9 Å². The van der Waals surface area contributed by atoms with Crippen LogP contribution in [0.3, 0.4) is 0 Å². The number of rotatable bonds is 16. The van der Waals surface area contributed by atoms with E-state index in [1.54, 1.807) is 31.2 Å². The Balaban J connectivity index is 2.03. The normalized spacial score (nSPS) is 11.8. The number of nitrogens with one attached hydrogen (secondary N) is 1. The number of halogens is 1. The fraction of sp³-hybridized carbons (Fsp3) is 0.375. The molecule has 3 rings (SSSR count). The van der Waals surface area contributed by atoms with Gasteiger partial charge in [-0.05, 0) is 86.0 Å². The van der Waals surface area contributed by atoms with E-state index in [9.17, 15) is 22.4 Å². The number of ether oxygens (including phenoxy) is 2. The van der Waals surface area contributed by atoms with Crippen LogP contribution in [0.15, 0.2) is 77.7 Å². The highest BCUT2D eigenvalue weighted by Gasteiger charge is 2.33. The van der Waals surface area contributed by atoms with Crippen LogP contribution < -0.4 is 19.1 Å². The Kier molecular flexibility index (Phi) is 12.4. The highest BCUT2D eigenvalue weighted by Crippen LogP contribution is 2.27. The highest BCUT2D eigenvalue weighted by molar-refractivity contribution is 7.92. The smallest absolute Gasteiger partial charge is 0.264 e. The predicted molar refractivity (Wildman–Crippen MR) is 164 cm³/mol. The SMILES string of the molecule is CCCCNC(=O)[C@@H](CC)N(Cc1cccc(OC)c1)C(=O)CN(c1ccc(F)cc1)S(=O)(=O)c1ccc(OCC)cc1. The van der Waals surface area contributed by atoms with Crippen LogP contribution in [0.5, 0.6) is 11.5 Å². The Morgan fingerprint density at radius 2 is 1.65 bits per heavy atom. The van der Waals surface area contributed by atoms with Gasteiger partial charge in [0.2, 0.25) is 11.8 Å². The summed E-state index contributed by atoms with van der Waals surface area (Å²) in [6.45, 7) is 5.91. The van der Waals surface area contributed by atoms with E-state index < -0.39 is 34.3 Å². The van der Waals surface area contributed by atoms with E-state index in [0.717, 1.165) is 29.3 Å². The second kappa shape index (κ2) is 15.9. The molecule has 3 aromatic rings. The maximum atomic E-state index is 14.1. The summed E-state index contributed by atoms with van der Waals surface area (Å²) in [6.07, 6.45) is 1.97. The van der Waals surface area contributed by atoms with E-state index in [0.29, 0.717) is 36.6 Å². The molecule has 0 heterocycles. The molecular weight excluding hydrogens is 573 g/mol. The molecule has 1 atom stereocenters. The van der Waals surface area contributed by atoms with Crippen molar-refractivity contribution in [3.63, 3.8) is 0 Å². The topological polar surface area (TPSA) is 105 Å². The number of sulfonamides is 1. The average Bonchev–Trinajstić information content (AvgIpc) is 3.00. The molecular formula is C32H40FN3O6S. The minimum absolute atomic E-state index is 0.0378. The molecule has 0 unspecified atom stereocenters. The molecule has 2 amide bonds. The molecule has 0 aromatic heterocycles. The molecule has 3 aromatic carbocycles. The Bertz CT molecular complexity index is 1450. The number of carbonyl (C=O) groups excluding carboxylic acids is 2. The van der Waals surface area contributed by atoms with Crippen LogP contribution in [0.2, 0.25) is 0 Å². The van der Waals surface area contributed by atoms with Crippen molar-refractivity contribution < 1.29 is 31.9 Å². The van der Waals surface area contributed by atoms with Crippen LogP contribution in [-0.4, -0.2) is 58.0 Å². The Hall–Kier alpha value is -4.12. The number of unbranched alkanes of at least 4 members (excludes halogenated alkanes) is 1. The third-order valence-electron chi connectivity index (χ3n) is 6.82. The molecule has 0 bridgehead atoms. The Morgan fingerprint density at radius 3 is 2.26 bits per heavy atom. The van der Waals surface area contributed by atoms with Gasteiger partial charge in [0.15, 0.2) is 0 Å². The van der Waals surface area contributed by atoms with Crippen molar-refractivity contribution in [2.24, 2.45) is 0 Å². The van der Waals surface area contributed by atoms with Crippen LogP contribution in [0.1, 0.15) is 45.6 Å². The van der Waals surface area contributed by atoms with Gasteiger partial charge in [-0.2, -0.15) is 0 Å². The fourth-order valence-corrected chi connectivity index (χ4v) is 5.95. The summed E-state index contributed by atoms with van der Waals surface area (Å²) in [4.78, 5) is 28.7. The zero-order chi connectivity index (χ0) is 31.4. The van der Waals surface area contributed by atoms with Gasteiger partial charge < -0.3 is 19.7 Å². The molecule has 0 spiro atoms. The lowest BCUT2D eigenvalue weighted by atomic mass is 10.1. The summed E-state index contributed by atoms with van der Waals surface area (Å²) < 4.78 is 53.5. The van der Waals surface area contributed by atoms with Crippen LogP contribution in [0.4, 0.5) is 10.1 Å². The third-order valence-corrected chi connectivity index (χ3v) is 8.61. The number of amides is 2. The first-order chi connectivity index (χ1) is 20.6. The van der Waals surface area contributed by atoms with Gasteiger partial charge in [-0.1, -0.05) is 32.4 Å². The fourth-order valence-electron chi connectivity index (χ4n) is 4.53. The zero-order valence-corrected chi connectivity index (χ0v) is 25.9. The number of hydrogen-bond acceptors (Lipinski definition) is 6. The van der Waals surface area contributed by atoms with Crippen molar-refractivity contribution in [1.29, 1.82) is 0 Å². The number of methoxy groups -OCH3 is 1. The molecule has 0 fully saturated rings. The van der Waals surface area contributed by atoms with Crippen molar-refractivity contribution in [2.45, 2.75) is 57.5 Å². The van der Waals surface area contributed by atoms with E-state index >= 15 is 0 Å². The standard InChI is InChI=1S/C32H40FN3O6S/c1-5-8-20-34-32(38)30(6-2)35(22-24-10-9-11-28(21-24)41-4)31(37)23-36(26-14-12-25(33)13-15-26)43(39,40)29-18-16-27(17-19-29)42-7-3/h9-19,21,30H,5-8,20,22-23H2,1-4H3,(H,34,38)/t30-/m1/s1. The van der Waals surface area contributed by atoms with E-state index in [4.69, 9.17) is 9.47 Å². The summed E-state index contributed by atoms with van der Waals surface area (Å²) in [5.74, 6) is -0.399. The van der Waals surface area contributed by atoms with Crippen molar-refractivity contribution >= 4 is 27.5 Å².